The summed E-state index contributed by atoms with van der Waals surface area (Å²) in [5, 5.41) is 23.6. The Morgan fingerprint density at radius 1 is 1.10 bits per heavy atom. The summed E-state index contributed by atoms with van der Waals surface area (Å²) in [5.74, 6) is 1.17. The number of aromatic nitrogens is 1. The zero-order valence-electron chi connectivity index (χ0n) is 15.6. The van der Waals surface area contributed by atoms with Crippen molar-refractivity contribution in [3.63, 3.8) is 0 Å². The van der Waals surface area contributed by atoms with Crippen LogP contribution in [0.25, 0.3) is 34.4 Å². The summed E-state index contributed by atoms with van der Waals surface area (Å²) in [5.41, 5.74) is 2.38. The van der Waals surface area contributed by atoms with E-state index in [9.17, 15) is 15.4 Å². The van der Waals surface area contributed by atoms with E-state index in [0.29, 0.717) is 43.4 Å². The Hall–Kier alpha value is -3.44. The first-order chi connectivity index (χ1) is 14.9. The Morgan fingerprint density at radius 2 is 1.84 bits per heavy atom. The quantitative estimate of drug-likeness (QED) is 0.173. The van der Waals surface area contributed by atoms with Crippen molar-refractivity contribution in [1.29, 1.82) is 5.26 Å². The van der Waals surface area contributed by atoms with Gasteiger partial charge in [-0.25, -0.2) is 4.98 Å². The largest absolute Gasteiger partial charge is 0.454 e. The van der Waals surface area contributed by atoms with E-state index in [2.05, 4.69) is 11.1 Å². The van der Waals surface area contributed by atoms with E-state index in [1.807, 2.05) is 12.1 Å². The van der Waals surface area contributed by atoms with E-state index in [4.69, 9.17) is 27.6 Å². The topological polar surface area (TPSA) is 93.0 Å². The lowest BCUT2D eigenvalue weighted by Gasteiger charge is -1.99. The van der Waals surface area contributed by atoms with Crippen LogP contribution >= 0.6 is 34.5 Å². The van der Waals surface area contributed by atoms with Gasteiger partial charge in [0, 0.05) is 23.1 Å². The first-order valence-electron chi connectivity index (χ1n) is 8.82. The number of nitro benzene ring substituents is 1. The van der Waals surface area contributed by atoms with Crippen molar-refractivity contribution in [1.82, 2.24) is 4.98 Å². The summed E-state index contributed by atoms with van der Waals surface area (Å²) in [4.78, 5) is 14.8. The van der Waals surface area contributed by atoms with Crippen LogP contribution in [0.4, 0.5) is 5.69 Å². The van der Waals surface area contributed by atoms with Crippen LogP contribution < -0.4 is 0 Å². The molecule has 0 spiro atoms. The highest BCUT2D eigenvalue weighted by Crippen LogP contribution is 2.33. The van der Waals surface area contributed by atoms with Gasteiger partial charge in [0.2, 0.25) is 0 Å². The molecule has 6 nitrogen and oxygen atoms in total. The van der Waals surface area contributed by atoms with Crippen LogP contribution in [0, 0.1) is 21.4 Å². The highest BCUT2D eigenvalue weighted by molar-refractivity contribution is 7.11. The van der Waals surface area contributed by atoms with E-state index < -0.39 is 4.92 Å². The van der Waals surface area contributed by atoms with Gasteiger partial charge in [0.25, 0.3) is 5.69 Å². The molecule has 4 aromatic rings. The predicted octanol–water partition coefficient (Wildman–Crippen LogP) is 7.35. The molecule has 152 valence electrons. The number of hydrogen-bond acceptors (Lipinski definition) is 6. The standard InChI is InChI=1S/C22H11Cl2N3O3S/c23-17-6-3-14(10-18(17)24)20-7-8-21(30-20)19-12-31-22(26-19)15(11-25)9-13-1-4-16(5-2-13)27(28)29/h1-10,12H/b15-9+. The molecule has 0 aliphatic rings. The van der Waals surface area contributed by atoms with Crippen molar-refractivity contribution < 1.29 is 9.34 Å². The maximum absolute atomic E-state index is 10.8. The number of benzene rings is 2. The van der Waals surface area contributed by atoms with Gasteiger partial charge in [-0.15, -0.1) is 11.3 Å². The minimum Gasteiger partial charge on any atom is -0.454 e. The van der Waals surface area contributed by atoms with Crippen LogP contribution in [0.3, 0.4) is 0 Å². The first-order valence-corrected chi connectivity index (χ1v) is 10.5. The fourth-order valence-corrected chi connectivity index (χ4v) is 3.86. The van der Waals surface area contributed by atoms with Crippen molar-refractivity contribution in [2.75, 3.05) is 0 Å². The molecular weight excluding hydrogens is 457 g/mol. The van der Waals surface area contributed by atoms with Gasteiger partial charge in [0.1, 0.15) is 22.5 Å². The maximum atomic E-state index is 10.8. The van der Waals surface area contributed by atoms with Gasteiger partial charge in [-0.2, -0.15) is 5.26 Å². The third kappa shape index (κ3) is 4.52. The van der Waals surface area contributed by atoms with E-state index >= 15 is 0 Å². The third-order valence-electron chi connectivity index (χ3n) is 4.33. The summed E-state index contributed by atoms with van der Waals surface area (Å²) in [6, 6.07) is 16.9. The van der Waals surface area contributed by atoms with E-state index in [1.165, 1.54) is 23.5 Å². The SMILES string of the molecule is N#C/C(=C\c1ccc([N+](=O)[O-])cc1)c1nc(-c2ccc(-c3ccc(Cl)c(Cl)c3)o2)cs1. The number of rotatable bonds is 5. The molecule has 9 heteroatoms. The summed E-state index contributed by atoms with van der Waals surface area (Å²) in [6.45, 7) is 0. The number of allylic oxidation sites excluding steroid dienone is 1. The Labute approximate surface area is 190 Å². The number of hydrogen-bond donors (Lipinski definition) is 0. The first kappa shape index (κ1) is 20.8. The highest BCUT2D eigenvalue weighted by atomic mass is 35.5. The van der Waals surface area contributed by atoms with Gasteiger partial charge in [0.05, 0.1) is 20.5 Å². The average Bonchev–Trinajstić information content (AvgIpc) is 3.44. The number of nitro groups is 1. The normalized spacial score (nSPS) is 11.3. The molecule has 0 aliphatic heterocycles. The zero-order valence-corrected chi connectivity index (χ0v) is 17.9. The number of nitriles is 1. The molecule has 0 fully saturated rings. The van der Waals surface area contributed by atoms with E-state index in [-0.39, 0.29) is 5.69 Å². The van der Waals surface area contributed by atoms with Gasteiger partial charge >= 0.3 is 0 Å². The van der Waals surface area contributed by atoms with Crippen molar-refractivity contribution in [2.24, 2.45) is 0 Å². The second kappa shape index (κ2) is 8.74. The Morgan fingerprint density at radius 3 is 2.52 bits per heavy atom. The monoisotopic (exact) mass is 467 g/mol. The smallest absolute Gasteiger partial charge is 0.269 e. The lowest BCUT2D eigenvalue weighted by atomic mass is 10.1. The van der Waals surface area contributed by atoms with Crippen molar-refractivity contribution in [3.8, 4) is 28.8 Å². The van der Waals surface area contributed by atoms with Crippen LogP contribution in [0.1, 0.15) is 10.6 Å². The molecule has 0 aliphatic carbocycles. The molecule has 0 saturated heterocycles. The van der Waals surface area contributed by atoms with Crippen molar-refractivity contribution in [3.05, 3.63) is 90.7 Å². The third-order valence-corrected chi connectivity index (χ3v) is 5.95. The van der Waals surface area contributed by atoms with Crippen LogP contribution in [0.15, 0.2) is 64.4 Å². The molecule has 0 atom stereocenters. The van der Waals surface area contributed by atoms with Gasteiger partial charge in [-0.1, -0.05) is 23.2 Å². The fourth-order valence-electron chi connectivity index (χ4n) is 2.79. The summed E-state index contributed by atoms with van der Waals surface area (Å²) in [6.07, 6.45) is 1.63. The number of non-ortho nitro benzene ring substituents is 1. The molecule has 2 heterocycles. The summed E-state index contributed by atoms with van der Waals surface area (Å²) >= 11 is 13.3. The maximum Gasteiger partial charge on any atom is 0.269 e. The summed E-state index contributed by atoms with van der Waals surface area (Å²) in [7, 11) is 0. The molecule has 2 aromatic carbocycles. The van der Waals surface area contributed by atoms with Crippen molar-refractivity contribution >= 4 is 51.9 Å². The Bertz CT molecular complexity index is 1350. The molecular formula is C22H11Cl2N3O3S. The minimum absolute atomic E-state index is 0.0113. The van der Waals surface area contributed by atoms with Crippen LogP contribution in [-0.4, -0.2) is 9.91 Å². The van der Waals surface area contributed by atoms with Crippen LogP contribution in [0.5, 0.6) is 0 Å². The fraction of sp³-hybridized carbons (Fsp3) is 0. The molecule has 0 saturated carbocycles. The van der Waals surface area contributed by atoms with Crippen LogP contribution in [-0.2, 0) is 0 Å². The number of furan rings is 1. The Balaban J connectivity index is 1.60. The zero-order chi connectivity index (χ0) is 22.0. The predicted molar refractivity (Wildman–Crippen MR) is 122 cm³/mol. The van der Waals surface area contributed by atoms with Gasteiger partial charge in [-0.05, 0) is 54.1 Å². The van der Waals surface area contributed by atoms with Gasteiger partial charge in [0.15, 0.2) is 5.76 Å². The highest BCUT2D eigenvalue weighted by Gasteiger charge is 2.14. The molecule has 31 heavy (non-hydrogen) atoms. The lowest BCUT2D eigenvalue weighted by molar-refractivity contribution is -0.384. The van der Waals surface area contributed by atoms with Crippen LogP contribution in [0.2, 0.25) is 10.0 Å². The number of halogens is 2. The van der Waals surface area contributed by atoms with Crippen molar-refractivity contribution in [2.45, 2.75) is 0 Å². The number of nitrogens with zero attached hydrogens (tertiary/aromatic N) is 3. The van der Waals surface area contributed by atoms with E-state index in [0.717, 1.165) is 5.56 Å². The minimum atomic E-state index is -0.471. The lowest BCUT2D eigenvalue weighted by Crippen LogP contribution is -1.87. The molecule has 4 rings (SSSR count). The molecule has 0 N–H and O–H groups in total. The van der Waals surface area contributed by atoms with Gasteiger partial charge in [-0.3, -0.25) is 10.1 Å². The van der Waals surface area contributed by atoms with E-state index in [1.54, 1.807) is 41.8 Å². The molecule has 0 unspecified atom stereocenters. The molecule has 2 aromatic heterocycles. The molecule has 0 amide bonds. The molecule has 0 radical (unpaired) electrons. The second-order valence-electron chi connectivity index (χ2n) is 6.35. The second-order valence-corrected chi connectivity index (χ2v) is 8.02. The molecule has 0 bridgehead atoms. The average molecular weight is 468 g/mol. The summed E-state index contributed by atoms with van der Waals surface area (Å²) < 4.78 is 5.91. The van der Waals surface area contributed by atoms with Gasteiger partial charge < -0.3 is 4.42 Å². The Kier molecular flexibility index (Phi) is 5.87. The number of thiazole rings is 1.